The average Bonchev–Trinajstić information content (AvgIpc) is 2.88. The van der Waals surface area contributed by atoms with Crippen LogP contribution in [-0.4, -0.2) is 82.9 Å². The summed E-state index contributed by atoms with van der Waals surface area (Å²) in [5.74, 6) is 0. The first-order chi connectivity index (χ1) is 17.9. The third-order valence-electron chi connectivity index (χ3n) is 5.97. The average molecular weight is 738 g/mol. The van der Waals surface area contributed by atoms with Crippen LogP contribution in [0.15, 0.2) is 0 Å². The summed E-state index contributed by atoms with van der Waals surface area (Å²) in [6, 6.07) is 0. The van der Waals surface area contributed by atoms with Crippen LogP contribution in [0.3, 0.4) is 0 Å². The van der Waals surface area contributed by atoms with Crippen molar-refractivity contribution in [3.05, 3.63) is 0 Å². The van der Waals surface area contributed by atoms with Gasteiger partial charge in [0.15, 0.2) is 0 Å². The zero-order valence-corrected chi connectivity index (χ0v) is 32.3. The maximum absolute atomic E-state index is 5.11. The molecular weight excluding hydrogens is 680 g/mol. The van der Waals surface area contributed by atoms with Crippen molar-refractivity contribution in [3.8, 4) is 0 Å². The fourth-order valence-electron chi connectivity index (χ4n) is 3.43. The zero-order chi connectivity index (χ0) is 27.9. The molecular formula is C27H57N3S6Sb+3. The predicted octanol–water partition coefficient (Wildman–Crippen LogP) is 6.98. The summed E-state index contributed by atoms with van der Waals surface area (Å²) in [6.07, 6.45) is 14.7. The van der Waals surface area contributed by atoms with E-state index in [1.165, 1.54) is 90.0 Å². The van der Waals surface area contributed by atoms with Gasteiger partial charge in [0.2, 0.25) is 0 Å². The third kappa shape index (κ3) is 19.7. The van der Waals surface area contributed by atoms with E-state index in [2.05, 4.69) is 82.8 Å². The van der Waals surface area contributed by atoms with Crippen LogP contribution in [-0.2, 0) is 36.7 Å². The van der Waals surface area contributed by atoms with Crippen molar-refractivity contribution >= 4 is 92.2 Å². The normalized spacial score (nSPS) is 11.8. The van der Waals surface area contributed by atoms with Crippen molar-refractivity contribution in [1.82, 2.24) is 14.7 Å². The Balaban J connectivity index is 5.69. The van der Waals surface area contributed by atoms with E-state index < -0.39 is 16.0 Å². The van der Waals surface area contributed by atoms with Crippen molar-refractivity contribution < 1.29 is 0 Å². The van der Waals surface area contributed by atoms with Gasteiger partial charge in [-0.15, -0.1) is 0 Å². The molecule has 0 bridgehead atoms. The van der Waals surface area contributed by atoms with Crippen molar-refractivity contribution in [1.29, 1.82) is 0 Å². The van der Waals surface area contributed by atoms with Crippen LogP contribution in [0.4, 0.5) is 0 Å². The Morgan fingerprint density at radius 3 is 0.784 bits per heavy atom. The standard InChI is InChI=1S/3C9H19NS2.Sb/c3*1-3-5-7-10(9(11)12)8-6-4-2;/h3*3-8H2,1-2H3,(H,11,12);/q;;;+3. The molecule has 0 unspecified atom stereocenters. The molecule has 37 heavy (non-hydrogen) atoms. The van der Waals surface area contributed by atoms with E-state index in [0.717, 1.165) is 39.3 Å². The van der Waals surface area contributed by atoms with Gasteiger partial charge in [-0.1, -0.05) is 0 Å². The van der Waals surface area contributed by atoms with Crippen LogP contribution in [0, 0.1) is 0 Å². The number of unbranched alkanes of at least 4 members (excludes halogenated alkanes) is 6. The molecule has 0 fully saturated rings. The Kier molecular flexibility index (Phi) is 28.4. The first kappa shape index (κ1) is 39.0. The molecule has 0 saturated heterocycles. The van der Waals surface area contributed by atoms with Gasteiger partial charge in [0.05, 0.1) is 0 Å². The van der Waals surface area contributed by atoms with Crippen LogP contribution in [0.5, 0.6) is 0 Å². The summed E-state index contributed by atoms with van der Waals surface area (Å²) in [5.41, 5.74) is 0. The van der Waals surface area contributed by atoms with Crippen LogP contribution in [0.2, 0.25) is 0 Å². The number of thiol groups is 3. The van der Waals surface area contributed by atoms with Gasteiger partial charge in [-0.05, 0) is 0 Å². The molecule has 0 rings (SSSR count). The maximum atomic E-state index is 5.11. The molecule has 0 heterocycles. The Hall–Kier alpha value is 2.02. The van der Waals surface area contributed by atoms with E-state index in [1.54, 1.807) is 0 Å². The van der Waals surface area contributed by atoms with Gasteiger partial charge in [-0.25, -0.2) is 0 Å². The van der Waals surface area contributed by atoms with Gasteiger partial charge in [-0.3, -0.25) is 0 Å². The molecule has 0 amide bonds. The summed E-state index contributed by atoms with van der Waals surface area (Å²) in [4.78, 5) is 7.61. The molecule has 218 valence electrons. The Morgan fingerprint density at radius 1 is 0.432 bits per heavy atom. The molecule has 0 saturated carbocycles. The molecule has 0 aromatic heterocycles. The first-order valence-electron chi connectivity index (χ1n) is 14.6. The van der Waals surface area contributed by atoms with E-state index in [9.17, 15) is 0 Å². The van der Waals surface area contributed by atoms with Gasteiger partial charge in [0, 0.05) is 0 Å². The topological polar surface area (TPSA) is 9.72 Å². The number of hydrogen-bond acceptors (Lipinski definition) is 3. The minimum absolute atomic E-state index is 1.11. The molecule has 0 spiro atoms. The van der Waals surface area contributed by atoms with Crippen molar-refractivity contribution in [2.45, 2.75) is 119 Å². The van der Waals surface area contributed by atoms with Crippen molar-refractivity contribution in [2.24, 2.45) is 0 Å². The predicted molar refractivity (Wildman–Crippen MR) is 194 cm³/mol. The quantitative estimate of drug-likeness (QED) is 0.0541. The van der Waals surface area contributed by atoms with Crippen molar-refractivity contribution in [3.63, 3.8) is 0 Å². The van der Waals surface area contributed by atoms with E-state index in [-0.39, 0.29) is 0 Å². The Labute approximate surface area is 262 Å². The molecule has 0 aliphatic rings. The van der Waals surface area contributed by atoms with Gasteiger partial charge in [0.25, 0.3) is 0 Å². The molecule has 0 N–H and O–H groups in total. The van der Waals surface area contributed by atoms with Crippen molar-refractivity contribution in [2.75, 3.05) is 39.3 Å². The minimum atomic E-state index is -2.04. The van der Waals surface area contributed by atoms with Gasteiger partial charge in [-0.2, -0.15) is 0 Å². The van der Waals surface area contributed by atoms with Gasteiger partial charge >= 0.3 is 265 Å². The Morgan fingerprint density at radius 2 is 0.622 bits per heavy atom. The fraction of sp³-hybridized carbons (Fsp3) is 0.889. The molecule has 3 nitrogen and oxygen atoms in total. The molecule has 0 aliphatic heterocycles. The summed E-state index contributed by atoms with van der Waals surface area (Å²) in [5, 5.41) is 0. The molecule has 0 aromatic carbocycles. The van der Waals surface area contributed by atoms with Crippen LogP contribution < -0.4 is 0 Å². The second-order valence-electron chi connectivity index (χ2n) is 9.43. The summed E-state index contributed by atoms with van der Waals surface area (Å²) in [6.45, 7) is 20.3. The SMILES string of the molecule is CCCCN(CCCC)C(=[SH+])[S][Sb]([S]C(=[SH+])N(CCCC)CCCC)[S]C(=[SH+])N(CCCC)CCCC. The fourth-order valence-corrected chi connectivity index (χ4v) is 35.2. The Bertz CT molecular complexity index is 506. The van der Waals surface area contributed by atoms with E-state index in [0.29, 0.717) is 0 Å². The van der Waals surface area contributed by atoms with Crippen LogP contribution >= 0.6 is 26.5 Å². The monoisotopic (exact) mass is 736 g/mol. The first-order valence-corrected chi connectivity index (χ1v) is 27.7. The molecule has 0 radical (unpaired) electrons. The zero-order valence-electron chi connectivity index (χ0n) is 24.6. The van der Waals surface area contributed by atoms with Gasteiger partial charge < -0.3 is 0 Å². The molecule has 0 aromatic rings. The van der Waals surface area contributed by atoms with Crippen LogP contribution in [0.25, 0.3) is 0 Å². The molecule has 0 aliphatic carbocycles. The van der Waals surface area contributed by atoms with E-state index in [4.69, 9.17) is 36.7 Å². The summed E-state index contributed by atoms with van der Waals surface area (Å²) >= 11 is 13.3. The van der Waals surface area contributed by atoms with Gasteiger partial charge in [0.1, 0.15) is 0 Å². The number of nitrogens with zero attached hydrogens (tertiary/aromatic N) is 3. The third-order valence-corrected chi connectivity index (χ3v) is 30.5. The van der Waals surface area contributed by atoms with E-state index in [1.807, 2.05) is 0 Å². The molecule has 0 atom stereocenters. The second-order valence-corrected chi connectivity index (χ2v) is 31.3. The van der Waals surface area contributed by atoms with Crippen LogP contribution in [0.1, 0.15) is 119 Å². The van der Waals surface area contributed by atoms with E-state index >= 15 is 0 Å². The second kappa shape index (κ2) is 26.9. The number of hydrogen-bond donors (Lipinski definition) is 0. The molecule has 10 heteroatoms. The number of rotatable bonds is 21. The summed E-state index contributed by atoms with van der Waals surface area (Å²) < 4.78 is 3.65. The summed E-state index contributed by atoms with van der Waals surface area (Å²) in [7, 11) is 6.19.